The van der Waals surface area contributed by atoms with Gasteiger partial charge in [0, 0.05) is 30.8 Å². The summed E-state index contributed by atoms with van der Waals surface area (Å²) in [5, 5.41) is 2.89. The van der Waals surface area contributed by atoms with E-state index in [9.17, 15) is 9.59 Å². The van der Waals surface area contributed by atoms with E-state index >= 15 is 0 Å². The number of anilines is 1. The zero-order valence-electron chi connectivity index (χ0n) is 16.4. The molecule has 2 heterocycles. The van der Waals surface area contributed by atoms with Crippen LogP contribution in [0.1, 0.15) is 42.5 Å². The average Bonchev–Trinajstić information content (AvgIpc) is 2.78. The Hall–Kier alpha value is -3.02. The highest BCUT2D eigenvalue weighted by Crippen LogP contribution is 2.31. The highest BCUT2D eigenvalue weighted by molar-refractivity contribution is 5.95. The molecule has 1 atom stereocenters. The van der Waals surface area contributed by atoms with Crippen LogP contribution >= 0.6 is 0 Å². The molecule has 1 saturated heterocycles. The zero-order valence-corrected chi connectivity index (χ0v) is 16.4. The number of likely N-dealkylation sites (tertiary alicyclic amines) is 1. The van der Waals surface area contributed by atoms with Crippen molar-refractivity contribution in [3.8, 4) is 11.5 Å². The maximum Gasteiger partial charge on any atom is 0.253 e. The number of benzene rings is 2. The lowest BCUT2D eigenvalue weighted by atomic mass is 10.1. The maximum atomic E-state index is 12.5. The second kappa shape index (κ2) is 8.99. The summed E-state index contributed by atoms with van der Waals surface area (Å²) in [4.78, 5) is 26.7. The van der Waals surface area contributed by atoms with Crippen LogP contribution in [0.3, 0.4) is 0 Å². The molecule has 0 radical (unpaired) electrons. The molecule has 0 unspecified atom stereocenters. The van der Waals surface area contributed by atoms with Gasteiger partial charge in [0.25, 0.3) is 5.91 Å². The van der Waals surface area contributed by atoms with Gasteiger partial charge < -0.3 is 19.7 Å². The highest BCUT2D eigenvalue weighted by atomic mass is 16.6. The Morgan fingerprint density at radius 2 is 1.69 bits per heavy atom. The molecule has 0 aromatic heterocycles. The summed E-state index contributed by atoms with van der Waals surface area (Å²) in [5.41, 5.74) is 1.35. The third-order valence-corrected chi connectivity index (χ3v) is 5.32. The standard InChI is InChI=1S/C23H26N2O4/c26-22(13-12-19-16-28-20-6-2-3-7-21(20)29-19)24-18-10-8-17(9-11-18)23(27)25-14-4-1-5-15-25/h2-3,6-11,19H,1,4-5,12-16H2,(H,24,26)/t19-/m1/s1. The molecule has 2 aliphatic heterocycles. The first kappa shape index (κ1) is 19.3. The number of nitrogens with zero attached hydrogens (tertiary/aromatic N) is 1. The van der Waals surface area contributed by atoms with E-state index in [1.807, 2.05) is 29.2 Å². The van der Waals surface area contributed by atoms with Crippen molar-refractivity contribution in [3.63, 3.8) is 0 Å². The molecule has 2 aromatic carbocycles. The van der Waals surface area contributed by atoms with E-state index in [0.29, 0.717) is 30.7 Å². The largest absolute Gasteiger partial charge is 0.486 e. The molecule has 4 rings (SSSR count). The molecule has 1 N–H and O–H groups in total. The molecule has 152 valence electrons. The van der Waals surface area contributed by atoms with E-state index in [4.69, 9.17) is 9.47 Å². The van der Waals surface area contributed by atoms with Crippen molar-refractivity contribution in [2.75, 3.05) is 25.0 Å². The summed E-state index contributed by atoms with van der Waals surface area (Å²) in [6.07, 6.45) is 4.11. The number of para-hydroxylation sites is 2. The van der Waals surface area contributed by atoms with Crippen LogP contribution < -0.4 is 14.8 Å². The molecule has 2 amide bonds. The minimum atomic E-state index is -0.139. The van der Waals surface area contributed by atoms with Gasteiger partial charge in [0.2, 0.25) is 5.91 Å². The van der Waals surface area contributed by atoms with Gasteiger partial charge in [-0.1, -0.05) is 12.1 Å². The summed E-state index contributed by atoms with van der Waals surface area (Å²) >= 11 is 0. The lowest BCUT2D eigenvalue weighted by Crippen LogP contribution is -2.35. The average molecular weight is 394 g/mol. The van der Waals surface area contributed by atoms with Gasteiger partial charge in [0.1, 0.15) is 12.7 Å². The predicted octanol–water partition coefficient (Wildman–Crippen LogP) is 3.87. The summed E-state index contributed by atoms with van der Waals surface area (Å²) < 4.78 is 11.6. The molecule has 29 heavy (non-hydrogen) atoms. The topological polar surface area (TPSA) is 67.9 Å². The number of hydrogen-bond donors (Lipinski definition) is 1. The van der Waals surface area contributed by atoms with Crippen molar-refractivity contribution in [1.82, 2.24) is 4.90 Å². The van der Waals surface area contributed by atoms with Crippen molar-refractivity contribution in [3.05, 3.63) is 54.1 Å². The van der Waals surface area contributed by atoms with Crippen LogP contribution in [0.2, 0.25) is 0 Å². The SMILES string of the molecule is O=C(CC[C@@H]1COc2ccccc2O1)Nc1ccc(C(=O)N2CCCCC2)cc1. The first-order chi connectivity index (χ1) is 14.2. The maximum absolute atomic E-state index is 12.5. The van der Waals surface area contributed by atoms with Crippen molar-refractivity contribution in [1.29, 1.82) is 0 Å². The van der Waals surface area contributed by atoms with Crippen molar-refractivity contribution in [2.24, 2.45) is 0 Å². The highest BCUT2D eigenvalue weighted by Gasteiger charge is 2.21. The summed E-state index contributed by atoms with van der Waals surface area (Å²) in [6.45, 7) is 2.10. The normalized spacial score (nSPS) is 18.2. The van der Waals surface area contributed by atoms with Crippen LogP contribution in [0.5, 0.6) is 11.5 Å². The fourth-order valence-corrected chi connectivity index (χ4v) is 3.70. The molecule has 2 aliphatic rings. The molecule has 0 saturated carbocycles. The number of ether oxygens (including phenoxy) is 2. The van der Waals surface area contributed by atoms with Crippen molar-refractivity contribution in [2.45, 2.75) is 38.2 Å². The molecule has 1 fully saturated rings. The van der Waals surface area contributed by atoms with Gasteiger partial charge in [0.05, 0.1) is 0 Å². The molecule has 6 nitrogen and oxygen atoms in total. The number of rotatable bonds is 5. The van der Waals surface area contributed by atoms with Crippen LogP contribution in [0.15, 0.2) is 48.5 Å². The van der Waals surface area contributed by atoms with Crippen LogP contribution in [0, 0.1) is 0 Å². The van der Waals surface area contributed by atoms with Crippen molar-refractivity contribution < 1.29 is 19.1 Å². The molecular formula is C23H26N2O4. The number of amides is 2. The summed E-state index contributed by atoms with van der Waals surface area (Å²) in [7, 11) is 0. The van der Waals surface area contributed by atoms with Gasteiger partial charge in [-0.3, -0.25) is 9.59 Å². The monoisotopic (exact) mass is 394 g/mol. The van der Waals surface area contributed by atoms with E-state index in [1.165, 1.54) is 6.42 Å². The number of fused-ring (bicyclic) bond motifs is 1. The Kier molecular flexibility index (Phi) is 5.98. The first-order valence-corrected chi connectivity index (χ1v) is 10.3. The van der Waals surface area contributed by atoms with Gasteiger partial charge in [-0.15, -0.1) is 0 Å². The predicted molar refractivity (Wildman–Crippen MR) is 110 cm³/mol. The van der Waals surface area contributed by atoms with Crippen LogP contribution in [-0.2, 0) is 4.79 Å². The van der Waals surface area contributed by atoms with E-state index in [0.717, 1.165) is 37.4 Å². The second-order valence-corrected chi connectivity index (χ2v) is 7.51. The lowest BCUT2D eigenvalue weighted by Gasteiger charge is -2.26. The Morgan fingerprint density at radius 3 is 2.45 bits per heavy atom. The van der Waals surface area contributed by atoms with Crippen LogP contribution in [0.25, 0.3) is 0 Å². The fraction of sp³-hybridized carbons (Fsp3) is 0.391. The Labute approximate surface area is 170 Å². The molecular weight excluding hydrogens is 368 g/mol. The minimum absolute atomic E-state index is 0.0669. The molecule has 0 bridgehead atoms. The van der Waals surface area contributed by atoms with Gasteiger partial charge >= 0.3 is 0 Å². The number of carbonyl (C=O) groups is 2. The van der Waals surface area contributed by atoms with E-state index in [1.54, 1.807) is 24.3 Å². The van der Waals surface area contributed by atoms with Gasteiger partial charge in [-0.25, -0.2) is 0 Å². The van der Waals surface area contributed by atoms with Crippen molar-refractivity contribution >= 4 is 17.5 Å². The molecule has 2 aromatic rings. The lowest BCUT2D eigenvalue weighted by molar-refractivity contribution is -0.116. The molecule has 6 heteroatoms. The quantitative estimate of drug-likeness (QED) is 0.836. The van der Waals surface area contributed by atoms with Gasteiger partial charge in [0.15, 0.2) is 11.5 Å². The Bertz CT molecular complexity index is 859. The van der Waals surface area contributed by atoms with Gasteiger partial charge in [-0.2, -0.15) is 0 Å². The third-order valence-electron chi connectivity index (χ3n) is 5.32. The molecule has 0 spiro atoms. The number of carbonyl (C=O) groups excluding carboxylic acids is 2. The van der Waals surface area contributed by atoms with E-state index < -0.39 is 0 Å². The first-order valence-electron chi connectivity index (χ1n) is 10.3. The number of hydrogen-bond acceptors (Lipinski definition) is 4. The summed E-state index contributed by atoms with van der Waals surface area (Å²) in [6, 6.07) is 14.7. The minimum Gasteiger partial charge on any atom is -0.486 e. The second-order valence-electron chi connectivity index (χ2n) is 7.51. The Morgan fingerprint density at radius 1 is 0.966 bits per heavy atom. The van der Waals surface area contributed by atoms with E-state index in [2.05, 4.69) is 5.32 Å². The van der Waals surface area contributed by atoms with Crippen LogP contribution in [0.4, 0.5) is 5.69 Å². The zero-order chi connectivity index (χ0) is 20.1. The Balaban J connectivity index is 1.25. The van der Waals surface area contributed by atoms with E-state index in [-0.39, 0.29) is 17.9 Å². The van der Waals surface area contributed by atoms with Crippen LogP contribution in [-0.4, -0.2) is 42.5 Å². The number of nitrogens with one attached hydrogen (secondary N) is 1. The third kappa shape index (κ3) is 4.88. The number of piperidine rings is 1. The fourth-order valence-electron chi connectivity index (χ4n) is 3.70. The molecule has 0 aliphatic carbocycles. The smallest absolute Gasteiger partial charge is 0.253 e. The summed E-state index contributed by atoms with van der Waals surface area (Å²) in [5.74, 6) is 1.45. The van der Waals surface area contributed by atoms with Gasteiger partial charge in [-0.05, 0) is 62.1 Å².